The van der Waals surface area contributed by atoms with Gasteiger partial charge in [0.15, 0.2) is 0 Å². The van der Waals surface area contributed by atoms with Crippen molar-refractivity contribution in [1.82, 2.24) is 4.98 Å². The Labute approximate surface area is 126 Å². The Kier molecular flexibility index (Phi) is 4.93. The van der Waals surface area contributed by atoms with Gasteiger partial charge in [0, 0.05) is 11.1 Å². The molecule has 0 saturated heterocycles. The summed E-state index contributed by atoms with van der Waals surface area (Å²) in [5, 5.41) is 1.64. The summed E-state index contributed by atoms with van der Waals surface area (Å²) in [6.07, 6.45) is 3.11. The second kappa shape index (κ2) is 6.68. The van der Waals surface area contributed by atoms with Crippen LogP contribution in [0.15, 0.2) is 30.3 Å². The number of esters is 1. The number of ether oxygens (including phenoxy) is 1. The largest absolute Gasteiger partial charge is 0.457 e. The Morgan fingerprint density at radius 2 is 2.05 bits per heavy atom. The molecule has 1 heterocycles. The molecule has 0 saturated carbocycles. The molecule has 1 aromatic heterocycles. The summed E-state index contributed by atoms with van der Waals surface area (Å²) in [6, 6.07) is 7.22. The van der Waals surface area contributed by atoms with E-state index in [4.69, 9.17) is 16.3 Å². The first-order chi connectivity index (χ1) is 9.54. The van der Waals surface area contributed by atoms with E-state index < -0.39 is 0 Å². The second-order valence-corrected chi connectivity index (χ2v) is 5.96. The minimum atomic E-state index is -0.370. The summed E-state index contributed by atoms with van der Waals surface area (Å²) in [5.41, 5.74) is 1.82. The van der Waals surface area contributed by atoms with E-state index in [0.29, 0.717) is 5.02 Å². The molecule has 3 nitrogen and oxygen atoms in total. The maximum Gasteiger partial charge on any atom is 0.331 e. The van der Waals surface area contributed by atoms with Crippen molar-refractivity contribution in [2.45, 2.75) is 20.5 Å². The van der Waals surface area contributed by atoms with Crippen LogP contribution in [-0.2, 0) is 16.1 Å². The molecule has 5 heteroatoms. The van der Waals surface area contributed by atoms with Gasteiger partial charge in [0.2, 0.25) is 0 Å². The highest BCUT2D eigenvalue weighted by Gasteiger charge is 2.06. The van der Waals surface area contributed by atoms with Crippen molar-refractivity contribution in [2.24, 2.45) is 0 Å². The minimum absolute atomic E-state index is 0.265. The second-order valence-electron chi connectivity index (χ2n) is 4.23. The predicted molar refractivity (Wildman–Crippen MR) is 81.9 cm³/mol. The van der Waals surface area contributed by atoms with Gasteiger partial charge in [-0.3, -0.25) is 0 Å². The van der Waals surface area contributed by atoms with Gasteiger partial charge in [-0.25, -0.2) is 9.78 Å². The number of hydrogen-bond donors (Lipinski definition) is 0. The average molecular weight is 308 g/mol. The van der Waals surface area contributed by atoms with E-state index in [1.807, 2.05) is 26.0 Å². The molecule has 0 aliphatic rings. The average Bonchev–Trinajstić information content (AvgIpc) is 2.74. The Morgan fingerprint density at radius 3 is 2.65 bits per heavy atom. The molecule has 2 rings (SSSR count). The van der Waals surface area contributed by atoms with Gasteiger partial charge in [-0.1, -0.05) is 23.7 Å². The van der Waals surface area contributed by atoms with E-state index in [9.17, 15) is 4.79 Å². The molecular weight excluding hydrogens is 294 g/mol. The standard InChI is InChI=1S/C15H14ClNO2S/c1-10-14(20-11(2)17-10)9-19-15(18)8-5-12-3-6-13(16)7-4-12/h3-8H,9H2,1-2H3. The van der Waals surface area contributed by atoms with Crippen molar-refractivity contribution >= 4 is 35.0 Å². The number of benzene rings is 1. The number of halogens is 1. The lowest BCUT2D eigenvalue weighted by Crippen LogP contribution is -2.00. The molecule has 20 heavy (non-hydrogen) atoms. The van der Waals surface area contributed by atoms with E-state index in [2.05, 4.69) is 4.98 Å². The summed E-state index contributed by atoms with van der Waals surface area (Å²) in [4.78, 5) is 16.9. The van der Waals surface area contributed by atoms with E-state index in [-0.39, 0.29) is 12.6 Å². The minimum Gasteiger partial charge on any atom is -0.457 e. The van der Waals surface area contributed by atoms with Crippen LogP contribution in [0, 0.1) is 13.8 Å². The fraction of sp³-hybridized carbons (Fsp3) is 0.200. The van der Waals surface area contributed by atoms with Gasteiger partial charge >= 0.3 is 5.97 Å². The van der Waals surface area contributed by atoms with Gasteiger partial charge in [-0.2, -0.15) is 0 Å². The molecule has 0 fully saturated rings. The van der Waals surface area contributed by atoms with E-state index in [1.165, 1.54) is 6.08 Å². The molecule has 0 unspecified atom stereocenters. The SMILES string of the molecule is Cc1nc(C)c(COC(=O)C=Cc2ccc(Cl)cc2)s1. The summed E-state index contributed by atoms with van der Waals surface area (Å²) in [6.45, 7) is 4.11. The van der Waals surface area contributed by atoms with Crippen LogP contribution >= 0.6 is 22.9 Å². The molecule has 2 aromatic rings. The first-order valence-corrected chi connectivity index (χ1v) is 7.27. The van der Waals surface area contributed by atoms with Crippen LogP contribution in [-0.4, -0.2) is 11.0 Å². The van der Waals surface area contributed by atoms with E-state index >= 15 is 0 Å². The van der Waals surface area contributed by atoms with Crippen molar-refractivity contribution in [3.8, 4) is 0 Å². The third-order valence-electron chi connectivity index (χ3n) is 2.63. The highest BCUT2D eigenvalue weighted by atomic mass is 35.5. The van der Waals surface area contributed by atoms with Crippen LogP contribution in [0.3, 0.4) is 0 Å². The maximum atomic E-state index is 11.6. The third-order valence-corrected chi connectivity index (χ3v) is 3.93. The fourth-order valence-electron chi connectivity index (χ4n) is 1.63. The quantitative estimate of drug-likeness (QED) is 0.628. The molecule has 0 atom stereocenters. The van der Waals surface area contributed by atoms with E-state index in [1.54, 1.807) is 29.5 Å². The topological polar surface area (TPSA) is 39.2 Å². The fourth-order valence-corrected chi connectivity index (χ4v) is 2.61. The first-order valence-electron chi connectivity index (χ1n) is 6.08. The Bertz CT molecular complexity index is 632. The number of carbonyl (C=O) groups is 1. The van der Waals surface area contributed by atoms with Gasteiger partial charge in [-0.05, 0) is 37.6 Å². The predicted octanol–water partition coefficient (Wildman–Crippen LogP) is 4.17. The van der Waals surface area contributed by atoms with Crippen molar-refractivity contribution < 1.29 is 9.53 Å². The number of aryl methyl sites for hydroxylation is 2. The van der Waals surface area contributed by atoms with Crippen LogP contribution in [0.2, 0.25) is 5.02 Å². The summed E-state index contributed by atoms with van der Waals surface area (Å²) >= 11 is 7.33. The Morgan fingerprint density at radius 1 is 1.35 bits per heavy atom. The molecule has 1 aromatic carbocycles. The van der Waals surface area contributed by atoms with Crippen LogP contribution in [0.4, 0.5) is 0 Å². The zero-order valence-electron chi connectivity index (χ0n) is 11.2. The first kappa shape index (κ1) is 14.8. The zero-order chi connectivity index (χ0) is 14.5. The molecular formula is C15H14ClNO2S. The Balaban J connectivity index is 1.89. The highest BCUT2D eigenvalue weighted by Crippen LogP contribution is 2.18. The van der Waals surface area contributed by atoms with Crippen LogP contribution in [0.5, 0.6) is 0 Å². The third kappa shape index (κ3) is 4.18. The summed E-state index contributed by atoms with van der Waals surface area (Å²) in [7, 11) is 0. The lowest BCUT2D eigenvalue weighted by atomic mass is 10.2. The summed E-state index contributed by atoms with van der Waals surface area (Å²) < 4.78 is 5.19. The van der Waals surface area contributed by atoms with E-state index in [0.717, 1.165) is 21.1 Å². The molecule has 0 radical (unpaired) electrons. The van der Waals surface area contributed by atoms with Crippen LogP contribution in [0.25, 0.3) is 6.08 Å². The number of rotatable bonds is 4. The number of nitrogens with zero attached hydrogens (tertiary/aromatic N) is 1. The molecule has 0 bridgehead atoms. The lowest BCUT2D eigenvalue weighted by Gasteiger charge is -2.00. The highest BCUT2D eigenvalue weighted by molar-refractivity contribution is 7.11. The number of aromatic nitrogens is 1. The van der Waals surface area contributed by atoms with Crippen molar-refractivity contribution in [2.75, 3.05) is 0 Å². The molecule has 104 valence electrons. The van der Waals surface area contributed by atoms with Crippen molar-refractivity contribution in [1.29, 1.82) is 0 Å². The monoisotopic (exact) mass is 307 g/mol. The molecule has 0 spiro atoms. The summed E-state index contributed by atoms with van der Waals surface area (Å²) in [5.74, 6) is -0.370. The number of thiazole rings is 1. The molecule has 0 aliphatic heterocycles. The molecule has 0 amide bonds. The van der Waals surface area contributed by atoms with Gasteiger partial charge in [0.1, 0.15) is 6.61 Å². The van der Waals surface area contributed by atoms with Crippen molar-refractivity contribution in [3.63, 3.8) is 0 Å². The van der Waals surface area contributed by atoms with Crippen molar-refractivity contribution in [3.05, 3.63) is 56.5 Å². The lowest BCUT2D eigenvalue weighted by molar-refractivity contribution is -0.138. The number of hydrogen-bond acceptors (Lipinski definition) is 4. The van der Waals surface area contributed by atoms with Crippen LogP contribution < -0.4 is 0 Å². The van der Waals surface area contributed by atoms with Gasteiger partial charge in [0.25, 0.3) is 0 Å². The molecule has 0 aliphatic carbocycles. The van der Waals surface area contributed by atoms with Gasteiger partial charge in [0.05, 0.1) is 15.6 Å². The van der Waals surface area contributed by atoms with Gasteiger partial charge in [-0.15, -0.1) is 11.3 Å². The van der Waals surface area contributed by atoms with Gasteiger partial charge < -0.3 is 4.74 Å². The number of carbonyl (C=O) groups excluding carboxylic acids is 1. The smallest absolute Gasteiger partial charge is 0.331 e. The normalized spacial score (nSPS) is 10.9. The van der Waals surface area contributed by atoms with Crippen LogP contribution in [0.1, 0.15) is 21.1 Å². The Hall–Kier alpha value is -1.65. The maximum absolute atomic E-state index is 11.6. The zero-order valence-corrected chi connectivity index (χ0v) is 12.8. The molecule has 0 N–H and O–H groups in total.